The summed E-state index contributed by atoms with van der Waals surface area (Å²) in [5, 5.41) is 2.00. The van der Waals surface area contributed by atoms with Gasteiger partial charge in [0, 0.05) is 5.56 Å². The number of ether oxygens (including phenoxy) is 1. The molecule has 0 N–H and O–H groups in total. The highest BCUT2D eigenvalue weighted by molar-refractivity contribution is 7.81. The van der Waals surface area contributed by atoms with E-state index in [0.717, 1.165) is 28.3 Å². The van der Waals surface area contributed by atoms with Crippen LogP contribution in [0.15, 0.2) is 90.5 Å². The van der Waals surface area contributed by atoms with Crippen LogP contribution in [0.5, 0.6) is 5.75 Å². The highest BCUT2D eigenvalue weighted by Crippen LogP contribution is 2.35. The average molecular weight is 521 g/mol. The first kappa shape index (κ1) is 25.4. The molecule has 1 heterocycles. The summed E-state index contributed by atoms with van der Waals surface area (Å²) in [4.78, 5) is 30.9. The van der Waals surface area contributed by atoms with Crippen LogP contribution in [-0.2, 0) is 9.59 Å². The maximum absolute atomic E-state index is 14.1. The van der Waals surface area contributed by atoms with Crippen molar-refractivity contribution in [3.05, 3.63) is 107 Å². The lowest BCUT2D eigenvalue weighted by atomic mass is 9.99. The van der Waals surface area contributed by atoms with Crippen LogP contribution in [0, 0.1) is 13.8 Å². The number of hydrogen-bond acceptors (Lipinski definition) is 4. The lowest BCUT2D eigenvalue weighted by Gasteiger charge is -2.36. The molecule has 0 saturated carbocycles. The lowest BCUT2D eigenvalue weighted by molar-refractivity contribution is -0.120. The van der Waals surface area contributed by atoms with E-state index in [1.54, 1.807) is 6.08 Å². The molecule has 5 rings (SSSR count). The van der Waals surface area contributed by atoms with Gasteiger partial charge in [-0.1, -0.05) is 61.5 Å². The van der Waals surface area contributed by atoms with E-state index in [4.69, 9.17) is 17.0 Å². The quantitative estimate of drug-likeness (QED) is 0.156. The molecule has 1 saturated heterocycles. The summed E-state index contributed by atoms with van der Waals surface area (Å²) in [5.41, 5.74) is 4.03. The van der Waals surface area contributed by atoms with E-state index in [2.05, 4.69) is 0 Å². The molecule has 6 heteroatoms. The van der Waals surface area contributed by atoms with Gasteiger partial charge in [-0.2, -0.15) is 0 Å². The maximum atomic E-state index is 14.1. The molecule has 4 aromatic rings. The van der Waals surface area contributed by atoms with Crippen molar-refractivity contribution in [2.45, 2.75) is 27.2 Å². The van der Waals surface area contributed by atoms with Crippen molar-refractivity contribution in [2.75, 3.05) is 16.4 Å². The molecular weight excluding hydrogens is 492 g/mol. The van der Waals surface area contributed by atoms with Crippen molar-refractivity contribution in [3.8, 4) is 5.75 Å². The molecule has 0 aliphatic carbocycles. The van der Waals surface area contributed by atoms with Crippen LogP contribution >= 0.6 is 12.2 Å². The fraction of sp³-hybridized carbons (Fsp3) is 0.156. The summed E-state index contributed by atoms with van der Waals surface area (Å²) >= 11 is 5.78. The van der Waals surface area contributed by atoms with E-state index in [1.165, 1.54) is 9.80 Å². The van der Waals surface area contributed by atoms with E-state index in [-0.39, 0.29) is 10.7 Å². The first-order valence-electron chi connectivity index (χ1n) is 12.6. The zero-order chi connectivity index (χ0) is 26.8. The topological polar surface area (TPSA) is 49.9 Å². The first-order chi connectivity index (χ1) is 18.4. The number of thiocarbonyl (C=S) groups is 1. The van der Waals surface area contributed by atoms with E-state index in [9.17, 15) is 9.59 Å². The van der Waals surface area contributed by atoms with Gasteiger partial charge >= 0.3 is 0 Å². The number of hydrogen-bond donors (Lipinski definition) is 0. The summed E-state index contributed by atoms with van der Waals surface area (Å²) in [6.45, 7) is 6.55. The third-order valence-corrected chi connectivity index (χ3v) is 7.06. The SMILES string of the molecule is CCCOc1ccc2ccccc2c1/C=C1\C(=O)N(c2ccccc2)C(=S)N(c2ccc(C)c(C)c2)C1=O. The Morgan fingerprint density at radius 1 is 0.789 bits per heavy atom. The van der Waals surface area contributed by atoms with Gasteiger partial charge in [0.1, 0.15) is 11.3 Å². The second-order valence-corrected chi connectivity index (χ2v) is 9.64. The number of rotatable bonds is 6. The van der Waals surface area contributed by atoms with Gasteiger partial charge in [-0.25, -0.2) is 0 Å². The summed E-state index contributed by atoms with van der Waals surface area (Å²) < 4.78 is 6.06. The smallest absolute Gasteiger partial charge is 0.270 e. The van der Waals surface area contributed by atoms with Crippen LogP contribution in [0.2, 0.25) is 0 Å². The molecule has 0 unspecified atom stereocenters. The summed E-state index contributed by atoms with van der Waals surface area (Å²) in [6.07, 6.45) is 2.49. The van der Waals surface area contributed by atoms with Crippen molar-refractivity contribution in [1.29, 1.82) is 0 Å². The number of aryl methyl sites for hydroxylation is 2. The van der Waals surface area contributed by atoms with Crippen molar-refractivity contribution in [2.24, 2.45) is 0 Å². The van der Waals surface area contributed by atoms with E-state index in [1.807, 2.05) is 106 Å². The van der Waals surface area contributed by atoms with Gasteiger partial charge in [-0.3, -0.25) is 19.4 Å². The van der Waals surface area contributed by atoms with Gasteiger partial charge in [-0.15, -0.1) is 0 Å². The minimum absolute atomic E-state index is 0.0124. The van der Waals surface area contributed by atoms with E-state index in [0.29, 0.717) is 29.3 Å². The molecule has 4 aromatic carbocycles. The Hall–Kier alpha value is -4.29. The van der Waals surface area contributed by atoms with Crippen LogP contribution in [0.25, 0.3) is 16.8 Å². The molecule has 0 bridgehead atoms. The van der Waals surface area contributed by atoms with Crippen LogP contribution in [0.3, 0.4) is 0 Å². The van der Waals surface area contributed by atoms with Crippen LogP contribution in [-0.4, -0.2) is 23.5 Å². The molecule has 0 spiro atoms. The zero-order valence-corrected chi connectivity index (χ0v) is 22.4. The largest absolute Gasteiger partial charge is 0.493 e. The molecule has 38 heavy (non-hydrogen) atoms. The Labute approximate surface area is 227 Å². The van der Waals surface area contributed by atoms with Crippen LogP contribution < -0.4 is 14.5 Å². The minimum Gasteiger partial charge on any atom is -0.493 e. The maximum Gasteiger partial charge on any atom is 0.270 e. The van der Waals surface area contributed by atoms with Gasteiger partial charge in [0.05, 0.1) is 18.0 Å². The molecule has 190 valence electrons. The third-order valence-electron chi connectivity index (χ3n) is 6.69. The predicted molar refractivity (Wildman–Crippen MR) is 158 cm³/mol. The van der Waals surface area contributed by atoms with Gasteiger partial charge in [0.2, 0.25) is 0 Å². The molecule has 1 aliphatic heterocycles. The first-order valence-corrected chi connectivity index (χ1v) is 13.0. The van der Waals surface area contributed by atoms with Crippen molar-refractivity contribution in [1.82, 2.24) is 0 Å². The van der Waals surface area contributed by atoms with E-state index < -0.39 is 11.8 Å². The van der Waals surface area contributed by atoms with Gasteiger partial charge < -0.3 is 4.74 Å². The zero-order valence-electron chi connectivity index (χ0n) is 21.6. The molecule has 5 nitrogen and oxygen atoms in total. The molecule has 0 radical (unpaired) electrons. The predicted octanol–water partition coefficient (Wildman–Crippen LogP) is 6.99. The van der Waals surface area contributed by atoms with Crippen molar-refractivity contribution >= 4 is 57.4 Å². The number of carbonyl (C=O) groups is 2. The van der Waals surface area contributed by atoms with Gasteiger partial charge in [-0.05, 0) is 90.8 Å². The Morgan fingerprint density at radius 3 is 2.18 bits per heavy atom. The minimum atomic E-state index is -0.472. The standard InChI is InChI=1S/C32H28N2O3S/c1-4-18-37-29-17-15-23-10-8-9-13-26(23)27(29)20-28-30(35)33(24-11-6-5-7-12-24)32(38)34(31(28)36)25-16-14-21(2)22(3)19-25/h5-17,19-20H,4,18H2,1-3H3/b28-20+. The number of anilines is 2. The highest BCUT2D eigenvalue weighted by atomic mass is 32.1. The Balaban J connectivity index is 1.73. The molecular formula is C32H28N2O3S. The van der Waals surface area contributed by atoms with Gasteiger partial charge in [0.15, 0.2) is 5.11 Å². The molecule has 1 fully saturated rings. The number of carbonyl (C=O) groups excluding carboxylic acids is 2. The summed E-state index contributed by atoms with van der Waals surface area (Å²) in [5.74, 6) is -0.318. The van der Waals surface area contributed by atoms with E-state index >= 15 is 0 Å². The third kappa shape index (κ3) is 4.59. The molecule has 2 amide bonds. The fourth-order valence-corrected chi connectivity index (χ4v) is 4.91. The molecule has 0 atom stereocenters. The number of benzene rings is 4. The molecule has 1 aliphatic rings. The number of fused-ring (bicyclic) bond motifs is 1. The number of nitrogens with zero attached hydrogens (tertiary/aromatic N) is 2. The summed E-state index contributed by atoms with van der Waals surface area (Å²) in [6, 6.07) is 26.6. The Morgan fingerprint density at radius 2 is 1.47 bits per heavy atom. The highest BCUT2D eigenvalue weighted by Gasteiger charge is 2.41. The average Bonchev–Trinajstić information content (AvgIpc) is 2.93. The van der Waals surface area contributed by atoms with Crippen molar-refractivity contribution in [3.63, 3.8) is 0 Å². The Kier molecular flexibility index (Phi) is 7.07. The number of amides is 2. The van der Waals surface area contributed by atoms with Crippen LogP contribution in [0.4, 0.5) is 11.4 Å². The second-order valence-electron chi connectivity index (χ2n) is 9.27. The fourth-order valence-electron chi connectivity index (χ4n) is 4.53. The monoisotopic (exact) mass is 520 g/mol. The van der Waals surface area contributed by atoms with Crippen molar-refractivity contribution < 1.29 is 14.3 Å². The van der Waals surface area contributed by atoms with Crippen LogP contribution in [0.1, 0.15) is 30.0 Å². The summed E-state index contributed by atoms with van der Waals surface area (Å²) in [7, 11) is 0. The Bertz CT molecular complexity index is 1590. The normalized spacial score (nSPS) is 15.0. The number of para-hydroxylation sites is 1. The van der Waals surface area contributed by atoms with Gasteiger partial charge in [0.25, 0.3) is 11.8 Å². The second kappa shape index (κ2) is 10.6. The lowest BCUT2D eigenvalue weighted by Crippen LogP contribution is -2.57. The molecule has 0 aromatic heterocycles.